The molecule has 4 nitrogen and oxygen atoms in total. The smallest absolute Gasteiger partial charge is 0.390 e. The molecule has 0 amide bonds. The van der Waals surface area contributed by atoms with Gasteiger partial charge in [0, 0.05) is 19.7 Å². The summed E-state index contributed by atoms with van der Waals surface area (Å²) < 4.78 is 40.6. The molecule has 0 atom stereocenters. The summed E-state index contributed by atoms with van der Waals surface area (Å²) in [6.07, 6.45) is -5.22. The van der Waals surface area contributed by atoms with Crippen molar-refractivity contribution in [2.24, 2.45) is 0 Å². The molecule has 1 N–H and O–H groups in total. The number of nitrogens with zero attached hydrogens (tertiary/aromatic N) is 1. The van der Waals surface area contributed by atoms with Gasteiger partial charge in [0.1, 0.15) is 0 Å². The van der Waals surface area contributed by atoms with Gasteiger partial charge < -0.3 is 14.4 Å². The molecule has 0 aliphatic rings. The Morgan fingerprint density at radius 1 is 1.50 bits per heavy atom. The monoisotopic (exact) mass is 237 g/mol. The van der Waals surface area contributed by atoms with Crippen LogP contribution < -0.4 is 4.90 Å². The lowest BCUT2D eigenvalue weighted by Gasteiger charge is -2.16. The van der Waals surface area contributed by atoms with Gasteiger partial charge in [-0.2, -0.15) is 13.2 Å². The molecule has 0 bridgehead atoms. The van der Waals surface area contributed by atoms with Crippen LogP contribution in [0.25, 0.3) is 0 Å². The second kappa shape index (κ2) is 4.46. The average molecular weight is 237 g/mol. The average Bonchev–Trinajstić information content (AvgIpc) is 2.61. The van der Waals surface area contributed by atoms with E-state index >= 15 is 0 Å². The van der Waals surface area contributed by atoms with Crippen molar-refractivity contribution in [2.45, 2.75) is 12.6 Å². The summed E-state index contributed by atoms with van der Waals surface area (Å²) in [4.78, 5) is 11.7. The van der Waals surface area contributed by atoms with Gasteiger partial charge in [0.2, 0.25) is 5.76 Å². The van der Waals surface area contributed by atoms with Gasteiger partial charge in [-0.1, -0.05) is 0 Å². The molecule has 0 saturated heterocycles. The minimum atomic E-state index is -4.24. The van der Waals surface area contributed by atoms with E-state index in [2.05, 4.69) is 0 Å². The van der Waals surface area contributed by atoms with Gasteiger partial charge in [-0.05, 0) is 6.07 Å². The first-order valence-electron chi connectivity index (χ1n) is 4.40. The van der Waals surface area contributed by atoms with Crippen molar-refractivity contribution in [1.29, 1.82) is 0 Å². The van der Waals surface area contributed by atoms with Crippen LogP contribution in [0.5, 0.6) is 0 Å². The lowest BCUT2D eigenvalue weighted by molar-refractivity contribution is -0.132. The van der Waals surface area contributed by atoms with E-state index in [4.69, 9.17) is 9.52 Å². The van der Waals surface area contributed by atoms with Crippen molar-refractivity contribution < 1.29 is 27.5 Å². The van der Waals surface area contributed by atoms with Crippen LogP contribution >= 0.6 is 0 Å². The van der Waals surface area contributed by atoms with Crippen molar-refractivity contribution in [3.63, 3.8) is 0 Å². The van der Waals surface area contributed by atoms with Crippen molar-refractivity contribution in [2.75, 3.05) is 18.5 Å². The van der Waals surface area contributed by atoms with E-state index in [-0.39, 0.29) is 18.2 Å². The number of anilines is 1. The number of hydrogen-bond acceptors (Lipinski definition) is 3. The third kappa shape index (κ3) is 3.48. The highest BCUT2D eigenvalue weighted by molar-refractivity contribution is 5.84. The summed E-state index contributed by atoms with van der Waals surface area (Å²) in [6.45, 7) is -0.282. The molecule has 1 aromatic rings. The van der Waals surface area contributed by atoms with E-state index in [9.17, 15) is 18.0 Å². The van der Waals surface area contributed by atoms with Gasteiger partial charge in [-0.25, -0.2) is 4.79 Å². The van der Waals surface area contributed by atoms with Crippen molar-refractivity contribution in [3.8, 4) is 0 Å². The first-order chi connectivity index (χ1) is 7.29. The number of furan rings is 1. The summed E-state index contributed by atoms with van der Waals surface area (Å²) >= 11 is 0. The topological polar surface area (TPSA) is 53.7 Å². The van der Waals surface area contributed by atoms with Crippen LogP contribution in [0, 0.1) is 0 Å². The van der Waals surface area contributed by atoms with Crippen molar-refractivity contribution >= 4 is 11.9 Å². The molecule has 0 spiro atoms. The highest BCUT2D eigenvalue weighted by atomic mass is 19.4. The third-order valence-corrected chi connectivity index (χ3v) is 1.91. The van der Waals surface area contributed by atoms with Crippen LogP contribution in [-0.4, -0.2) is 30.8 Å². The standard InChI is InChI=1S/C9H10F3NO3/c1-13(5-4-9(10,11)12)7-3-2-6(16-7)8(14)15/h2-3H,4-5H2,1H3,(H,14,15). The Hall–Kier alpha value is -1.66. The largest absolute Gasteiger partial charge is 0.475 e. The van der Waals surface area contributed by atoms with Gasteiger partial charge in [0.05, 0.1) is 6.42 Å². The van der Waals surface area contributed by atoms with Crippen LogP contribution in [0.15, 0.2) is 16.5 Å². The number of alkyl halides is 3. The van der Waals surface area contributed by atoms with Gasteiger partial charge in [0.25, 0.3) is 0 Å². The molecule has 0 fully saturated rings. The Morgan fingerprint density at radius 2 is 2.12 bits per heavy atom. The molecule has 0 aromatic carbocycles. The maximum atomic E-state index is 11.9. The van der Waals surface area contributed by atoms with Gasteiger partial charge in [0.15, 0.2) is 5.88 Å². The Bertz CT molecular complexity index is 372. The summed E-state index contributed by atoms with van der Waals surface area (Å²) in [5.74, 6) is -1.45. The van der Waals surface area contributed by atoms with E-state index in [0.29, 0.717) is 0 Å². The number of carboxylic acid groups (broad SMARTS) is 1. The Morgan fingerprint density at radius 3 is 2.56 bits per heavy atom. The molecule has 90 valence electrons. The number of halogens is 3. The SMILES string of the molecule is CN(CCC(F)(F)F)c1ccc(C(=O)O)o1. The molecule has 0 radical (unpaired) electrons. The van der Waals surface area contributed by atoms with Crippen molar-refractivity contribution in [1.82, 2.24) is 0 Å². The molecule has 1 aromatic heterocycles. The van der Waals surface area contributed by atoms with Crippen molar-refractivity contribution in [3.05, 3.63) is 17.9 Å². The molecular weight excluding hydrogens is 227 g/mol. The zero-order valence-electron chi connectivity index (χ0n) is 8.41. The van der Waals surface area contributed by atoms with E-state index in [0.717, 1.165) is 0 Å². The summed E-state index contributed by atoms with van der Waals surface area (Å²) in [6, 6.07) is 2.52. The molecule has 1 rings (SSSR count). The summed E-state index contributed by atoms with van der Waals surface area (Å²) in [5.41, 5.74) is 0. The third-order valence-electron chi connectivity index (χ3n) is 1.91. The Labute approximate surface area is 89.3 Å². The second-order valence-electron chi connectivity index (χ2n) is 3.23. The van der Waals surface area contributed by atoms with Gasteiger partial charge in [-0.3, -0.25) is 0 Å². The minimum Gasteiger partial charge on any atom is -0.475 e. The van der Waals surface area contributed by atoms with E-state index in [1.165, 1.54) is 24.1 Å². The molecule has 0 unspecified atom stereocenters. The first kappa shape index (κ1) is 12.4. The van der Waals surface area contributed by atoms with E-state index < -0.39 is 18.6 Å². The molecule has 16 heavy (non-hydrogen) atoms. The molecular formula is C9H10F3NO3. The van der Waals surface area contributed by atoms with E-state index in [1.807, 2.05) is 0 Å². The quantitative estimate of drug-likeness (QED) is 0.873. The maximum Gasteiger partial charge on any atom is 0.390 e. The highest BCUT2D eigenvalue weighted by Crippen LogP contribution is 2.22. The van der Waals surface area contributed by atoms with Crippen LogP contribution in [0.2, 0.25) is 0 Å². The second-order valence-corrected chi connectivity index (χ2v) is 3.23. The maximum absolute atomic E-state index is 11.9. The fourth-order valence-corrected chi connectivity index (χ4v) is 1.05. The highest BCUT2D eigenvalue weighted by Gasteiger charge is 2.27. The van der Waals surface area contributed by atoms with Crippen LogP contribution in [0.1, 0.15) is 17.0 Å². The Kier molecular flexibility index (Phi) is 3.46. The van der Waals surface area contributed by atoms with Gasteiger partial charge in [-0.15, -0.1) is 0 Å². The predicted molar refractivity (Wildman–Crippen MR) is 49.6 cm³/mol. The predicted octanol–water partition coefficient (Wildman–Crippen LogP) is 2.37. The fraction of sp³-hybridized carbons (Fsp3) is 0.444. The number of aromatic carboxylic acids is 1. The number of rotatable bonds is 4. The number of carboxylic acids is 1. The van der Waals surface area contributed by atoms with Crippen LogP contribution in [0.3, 0.4) is 0 Å². The van der Waals surface area contributed by atoms with Crippen LogP contribution in [0.4, 0.5) is 19.1 Å². The summed E-state index contributed by atoms with van der Waals surface area (Å²) in [7, 11) is 1.40. The first-order valence-corrected chi connectivity index (χ1v) is 4.40. The molecule has 0 saturated carbocycles. The minimum absolute atomic E-state index is 0.0988. The fourth-order valence-electron chi connectivity index (χ4n) is 1.05. The normalized spacial score (nSPS) is 11.5. The zero-order chi connectivity index (χ0) is 12.3. The molecule has 0 aliphatic heterocycles. The van der Waals surface area contributed by atoms with Gasteiger partial charge >= 0.3 is 12.1 Å². The molecule has 1 heterocycles. The molecule has 0 aliphatic carbocycles. The lowest BCUT2D eigenvalue weighted by atomic mass is 10.4. The summed E-state index contributed by atoms with van der Waals surface area (Å²) in [5, 5.41) is 8.55. The molecule has 7 heteroatoms. The van der Waals surface area contributed by atoms with Crippen LogP contribution in [-0.2, 0) is 0 Å². The lowest BCUT2D eigenvalue weighted by Crippen LogP contribution is -2.23. The number of hydrogen-bond donors (Lipinski definition) is 1. The Balaban J connectivity index is 2.59. The number of carbonyl (C=O) groups is 1. The zero-order valence-corrected chi connectivity index (χ0v) is 8.41. The van der Waals surface area contributed by atoms with E-state index in [1.54, 1.807) is 0 Å².